The molecule has 0 saturated heterocycles. The highest BCUT2D eigenvalue weighted by atomic mass is 35.5. The van der Waals surface area contributed by atoms with Gasteiger partial charge in [-0.25, -0.2) is 4.98 Å². The number of halogens is 2. The van der Waals surface area contributed by atoms with Crippen LogP contribution in [0.1, 0.15) is 25.0 Å². The minimum atomic E-state index is -0.151. The van der Waals surface area contributed by atoms with E-state index in [0.717, 1.165) is 25.1 Å². The molecular weight excluding hydrogens is 251 g/mol. The van der Waals surface area contributed by atoms with Gasteiger partial charge in [-0.2, -0.15) is 0 Å². The van der Waals surface area contributed by atoms with Gasteiger partial charge in [0.25, 0.3) is 0 Å². The van der Waals surface area contributed by atoms with Gasteiger partial charge in [0.05, 0.1) is 25.0 Å². The first kappa shape index (κ1) is 15.3. The third-order valence-electron chi connectivity index (χ3n) is 2.10. The minimum Gasteiger partial charge on any atom is -0.469 e. The molecule has 0 fully saturated rings. The molecule has 0 aliphatic rings. The van der Waals surface area contributed by atoms with Gasteiger partial charge < -0.3 is 9.30 Å². The van der Waals surface area contributed by atoms with E-state index in [1.807, 2.05) is 10.8 Å². The Kier molecular flexibility index (Phi) is 8.03. The van der Waals surface area contributed by atoms with Gasteiger partial charge in [0.2, 0.25) is 0 Å². The molecule has 0 saturated carbocycles. The zero-order valence-electron chi connectivity index (χ0n) is 9.19. The lowest BCUT2D eigenvalue weighted by atomic mass is 10.2. The van der Waals surface area contributed by atoms with E-state index in [1.165, 1.54) is 7.11 Å². The molecular formula is C10H16Cl2N2O2. The number of hydrogen-bond acceptors (Lipinski definition) is 3. The molecule has 16 heavy (non-hydrogen) atoms. The first-order valence-corrected chi connectivity index (χ1v) is 5.43. The summed E-state index contributed by atoms with van der Waals surface area (Å²) in [6, 6.07) is 0. The number of alkyl halides is 1. The Hall–Kier alpha value is -0.740. The van der Waals surface area contributed by atoms with Crippen LogP contribution in [0.25, 0.3) is 0 Å². The lowest BCUT2D eigenvalue weighted by molar-refractivity contribution is -0.140. The first-order chi connectivity index (χ1) is 7.26. The summed E-state index contributed by atoms with van der Waals surface area (Å²) in [6.07, 6.45) is 5.93. The Labute approximate surface area is 106 Å². The molecule has 1 aromatic heterocycles. The fourth-order valence-corrected chi connectivity index (χ4v) is 1.40. The third-order valence-corrected chi connectivity index (χ3v) is 2.37. The van der Waals surface area contributed by atoms with Crippen molar-refractivity contribution in [3.63, 3.8) is 0 Å². The Morgan fingerprint density at radius 3 is 2.88 bits per heavy atom. The molecule has 0 aliphatic carbocycles. The van der Waals surface area contributed by atoms with Crippen LogP contribution < -0.4 is 0 Å². The summed E-state index contributed by atoms with van der Waals surface area (Å²) in [5.41, 5.74) is 0.879. The topological polar surface area (TPSA) is 44.1 Å². The number of hydrogen-bond donors (Lipinski definition) is 0. The normalized spacial score (nSPS) is 9.62. The predicted octanol–water partition coefficient (Wildman–Crippen LogP) is 2.39. The monoisotopic (exact) mass is 266 g/mol. The van der Waals surface area contributed by atoms with E-state index in [1.54, 1.807) is 6.33 Å². The van der Waals surface area contributed by atoms with Crippen molar-refractivity contribution in [2.45, 2.75) is 31.7 Å². The van der Waals surface area contributed by atoms with Crippen LogP contribution in [-0.2, 0) is 22.0 Å². The second kappa shape index (κ2) is 8.42. The lowest BCUT2D eigenvalue weighted by Gasteiger charge is -2.01. The predicted molar refractivity (Wildman–Crippen MR) is 64.9 cm³/mol. The highest BCUT2D eigenvalue weighted by Crippen LogP contribution is 2.04. The van der Waals surface area contributed by atoms with Crippen molar-refractivity contribution in [1.29, 1.82) is 0 Å². The number of aryl methyl sites for hydroxylation is 1. The standard InChI is InChI=1S/C10H15ClN2O2.ClH/c1-15-10(14)4-2-3-5-13-7-9(6-11)12-8-13;/h7-8H,2-6H2,1H3;1H. The molecule has 0 aliphatic heterocycles. The number of ether oxygens (including phenoxy) is 1. The number of carbonyl (C=O) groups is 1. The second-order valence-corrected chi connectivity index (χ2v) is 3.54. The SMILES string of the molecule is COC(=O)CCCCn1cnc(CCl)c1.Cl. The van der Waals surface area contributed by atoms with Gasteiger partial charge in [0, 0.05) is 19.2 Å². The highest BCUT2D eigenvalue weighted by Gasteiger charge is 2.00. The molecule has 6 heteroatoms. The maximum atomic E-state index is 10.8. The molecule has 1 heterocycles. The van der Waals surface area contributed by atoms with Crippen molar-refractivity contribution in [2.75, 3.05) is 7.11 Å². The number of methoxy groups -OCH3 is 1. The highest BCUT2D eigenvalue weighted by molar-refractivity contribution is 6.16. The molecule has 0 N–H and O–H groups in total. The van der Waals surface area contributed by atoms with Crippen molar-refractivity contribution in [3.8, 4) is 0 Å². The van der Waals surface area contributed by atoms with E-state index >= 15 is 0 Å². The van der Waals surface area contributed by atoms with Gasteiger partial charge in [-0.15, -0.1) is 24.0 Å². The van der Waals surface area contributed by atoms with Crippen LogP contribution >= 0.6 is 24.0 Å². The van der Waals surface area contributed by atoms with Gasteiger partial charge in [-0.1, -0.05) is 0 Å². The number of esters is 1. The first-order valence-electron chi connectivity index (χ1n) is 4.89. The Morgan fingerprint density at radius 2 is 2.31 bits per heavy atom. The summed E-state index contributed by atoms with van der Waals surface area (Å²) in [4.78, 5) is 14.9. The number of unbranched alkanes of at least 4 members (excludes halogenated alkanes) is 1. The van der Waals surface area contributed by atoms with Crippen LogP contribution in [0.4, 0.5) is 0 Å². The Balaban J connectivity index is 0.00000225. The minimum absolute atomic E-state index is 0. The zero-order valence-corrected chi connectivity index (χ0v) is 10.8. The van der Waals surface area contributed by atoms with Crippen LogP contribution in [0, 0.1) is 0 Å². The molecule has 0 atom stereocenters. The quantitative estimate of drug-likeness (QED) is 0.451. The average molecular weight is 267 g/mol. The third kappa shape index (κ3) is 5.37. The average Bonchev–Trinajstić information content (AvgIpc) is 2.72. The van der Waals surface area contributed by atoms with Gasteiger partial charge in [-0.05, 0) is 12.8 Å². The summed E-state index contributed by atoms with van der Waals surface area (Å²) in [7, 11) is 1.41. The molecule has 4 nitrogen and oxygen atoms in total. The van der Waals surface area contributed by atoms with Crippen molar-refractivity contribution in [3.05, 3.63) is 18.2 Å². The van der Waals surface area contributed by atoms with Crippen LogP contribution in [0.5, 0.6) is 0 Å². The smallest absolute Gasteiger partial charge is 0.305 e. The molecule has 0 aromatic carbocycles. The van der Waals surface area contributed by atoms with E-state index in [0.29, 0.717) is 12.3 Å². The zero-order chi connectivity index (χ0) is 11.1. The van der Waals surface area contributed by atoms with E-state index in [-0.39, 0.29) is 18.4 Å². The van der Waals surface area contributed by atoms with Crippen LogP contribution in [0.3, 0.4) is 0 Å². The molecule has 92 valence electrons. The fraction of sp³-hybridized carbons (Fsp3) is 0.600. The Morgan fingerprint density at radius 1 is 1.56 bits per heavy atom. The van der Waals surface area contributed by atoms with Crippen molar-refractivity contribution in [2.24, 2.45) is 0 Å². The van der Waals surface area contributed by atoms with Gasteiger partial charge in [0.15, 0.2) is 0 Å². The van der Waals surface area contributed by atoms with Crippen LogP contribution in [-0.4, -0.2) is 22.6 Å². The largest absolute Gasteiger partial charge is 0.469 e. The van der Waals surface area contributed by atoms with Crippen molar-refractivity contribution >= 4 is 30.0 Å². The molecule has 0 radical (unpaired) electrons. The molecule has 0 unspecified atom stereocenters. The number of carbonyl (C=O) groups excluding carboxylic acids is 1. The van der Waals surface area contributed by atoms with E-state index in [9.17, 15) is 4.79 Å². The summed E-state index contributed by atoms with van der Waals surface area (Å²) in [5, 5.41) is 0. The summed E-state index contributed by atoms with van der Waals surface area (Å²) >= 11 is 5.62. The molecule has 0 amide bonds. The van der Waals surface area contributed by atoms with E-state index in [4.69, 9.17) is 11.6 Å². The van der Waals surface area contributed by atoms with Crippen LogP contribution in [0.2, 0.25) is 0 Å². The fourth-order valence-electron chi connectivity index (χ4n) is 1.26. The molecule has 1 aromatic rings. The van der Waals surface area contributed by atoms with Crippen LogP contribution in [0.15, 0.2) is 12.5 Å². The number of aromatic nitrogens is 2. The van der Waals surface area contributed by atoms with Crippen molar-refractivity contribution in [1.82, 2.24) is 9.55 Å². The molecule has 1 rings (SSSR count). The molecule has 0 bridgehead atoms. The van der Waals surface area contributed by atoms with E-state index < -0.39 is 0 Å². The number of rotatable bonds is 6. The van der Waals surface area contributed by atoms with Gasteiger partial charge >= 0.3 is 5.97 Å². The number of imidazole rings is 1. The Bertz CT molecular complexity index is 316. The lowest BCUT2D eigenvalue weighted by Crippen LogP contribution is -2.01. The molecule has 0 spiro atoms. The van der Waals surface area contributed by atoms with E-state index in [2.05, 4.69) is 9.72 Å². The maximum absolute atomic E-state index is 10.8. The summed E-state index contributed by atoms with van der Waals surface area (Å²) < 4.78 is 6.53. The van der Waals surface area contributed by atoms with Gasteiger partial charge in [-0.3, -0.25) is 4.79 Å². The number of nitrogens with zero attached hydrogens (tertiary/aromatic N) is 2. The summed E-state index contributed by atoms with van der Waals surface area (Å²) in [6.45, 7) is 0.862. The van der Waals surface area contributed by atoms with Gasteiger partial charge in [0.1, 0.15) is 0 Å². The summed E-state index contributed by atoms with van der Waals surface area (Å²) in [5.74, 6) is 0.289. The van der Waals surface area contributed by atoms with Crippen molar-refractivity contribution < 1.29 is 9.53 Å². The second-order valence-electron chi connectivity index (χ2n) is 3.27. The maximum Gasteiger partial charge on any atom is 0.305 e.